The van der Waals surface area contributed by atoms with Crippen molar-refractivity contribution in [1.82, 2.24) is 4.98 Å². The van der Waals surface area contributed by atoms with Gasteiger partial charge in [-0.15, -0.1) is 0 Å². The summed E-state index contributed by atoms with van der Waals surface area (Å²) in [6, 6.07) is 1.89. The zero-order valence-corrected chi connectivity index (χ0v) is 6.64. The van der Waals surface area contributed by atoms with Crippen LogP contribution < -0.4 is 0 Å². The number of aliphatic hydroxyl groups excluding tert-OH is 2. The summed E-state index contributed by atoms with van der Waals surface area (Å²) >= 11 is 0. The van der Waals surface area contributed by atoms with Crippen LogP contribution in [0, 0.1) is 0 Å². The normalized spacial score (nSPS) is 28.2. The van der Waals surface area contributed by atoms with Crippen molar-refractivity contribution in [2.75, 3.05) is 0 Å². The first-order chi connectivity index (χ1) is 5.79. The Labute approximate surface area is 70.7 Å². The van der Waals surface area contributed by atoms with Crippen LogP contribution in [0.25, 0.3) is 0 Å². The van der Waals surface area contributed by atoms with Crippen LogP contribution in [0.15, 0.2) is 18.5 Å². The number of pyridine rings is 1. The third kappa shape index (κ3) is 1.11. The number of rotatable bonds is 0. The third-order valence-corrected chi connectivity index (χ3v) is 2.34. The molecule has 0 spiro atoms. The second-order valence-corrected chi connectivity index (χ2v) is 3.13. The number of fused-ring (bicyclic) bond motifs is 1. The van der Waals surface area contributed by atoms with Crippen molar-refractivity contribution >= 4 is 0 Å². The summed E-state index contributed by atoms with van der Waals surface area (Å²) in [6.07, 6.45) is 3.43. The van der Waals surface area contributed by atoms with E-state index in [2.05, 4.69) is 4.98 Å². The van der Waals surface area contributed by atoms with E-state index in [4.69, 9.17) is 0 Å². The predicted octanol–water partition coefficient (Wildman–Crippen LogP) is 0.422. The molecule has 0 aliphatic heterocycles. The molecule has 64 valence electrons. The van der Waals surface area contributed by atoms with E-state index in [-0.39, 0.29) is 0 Å². The van der Waals surface area contributed by atoms with Crippen molar-refractivity contribution in [1.29, 1.82) is 0 Å². The molecule has 1 aliphatic rings. The number of aryl methyl sites for hydroxylation is 1. The van der Waals surface area contributed by atoms with Gasteiger partial charge < -0.3 is 10.2 Å². The van der Waals surface area contributed by atoms with Crippen molar-refractivity contribution in [3.63, 3.8) is 0 Å². The minimum Gasteiger partial charge on any atom is -0.390 e. The topological polar surface area (TPSA) is 53.4 Å². The number of hydrogen-bond acceptors (Lipinski definition) is 3. The summed E-state index contributed by atoms with van der Waals surface area (Å²) in [6.45, 7) is 0. The zero-order chi connectivity index (χ0) is 8.55. The smallest absolute Gasteiger partial charge is 0.107 e. The summed E-state index contributed by atoms with van der Waals surface area (Å²) in [7, 11) is 0. The van der Waals surface area contributed by atoms with Gasteiger partial charge >= 0.3 is 0 Å². The van der Waals surface area contributed by atoms with Gasteiger partial charge in [0.05, 0.1) is 6.10 Å². The van der Waals surface area contributed by atoms with Crippen molar-refractivity contribution in [2.24, 2.45) is 0 Å². The van der Waals surface area contributed by atoms with E-state index in [1.165, 1.54) is 0 Å². The van der Waals surface area contributed by atoms with Gasteiger partial charge in [-0.25, -0.2) is 0 Å². The van der Waals surface area contributed by atoms with Crippen LogP contribution in [-0.4, -0.2) is 21.3 Å². The highest BCUT2D eigenvalue weighted by molar-refractivity contribution is 5.28. The average Bonchev–Trinajstić information content (AvgIpc) is 2.12. The van der Waals surface area contributed by atoms with Crippen LogP contribution in [0.5, 0.6) is 0 Å². The van der Waals surface area contributed by atoms with Gasteiger partial charge in [-0.3, -0.25) is 4.98 Å². The second kappa shape index (κ2) is 2.84. The Kier molecular flexibility index (Phi) is 1.83. The molecule has 12 heavy (non-hydrogen) atoms. The number of aromatic nitrogens is 1. The van der Waals surface area contributed by atoms with E-state index in [9.17, 15) is 10.2 Å². The van der Waals surface area contributed by atoms with Crippen LogP contribution in [0.1, 0.15) is 23.7 Å². The maximum atomic E-state index is 9.54. The molecule has 0 bridgehead atoms. The molecular formula is C9H11NO2. The third-order valence-electron chi connectivity index (χ3n) is 2.34. The first kappa shape index (κ1) is 7.71. The molecule has 2 atom stereocenters. The Bertz CT molecular complexity index is 288. The lowest BCUT2D eigenvalue weighted by Crippen LogP contribution is -2.24. The highest BCUT2D eigenvalue weighted by Gasteiger charge is 2.25. The van der Waals surface area contributed by atoms with E-state index in [0.717, 1.165) is 17.5 Å². The summed E-state index contributed by atoms with van der Waals surface area (Å²) < 4.78 is 0. The molecule has 1 aliphatic carbocycles. The van der Waals surface area contributed by atoms with E-state index in [1.807, 2.05) is 6.07 Å². The zero-order valence-electron chi connectivity index (χ0n) is 6.64. The van der Waals surface area contributed by atoms with Gasteiger partial charge in [0.1, 0.15) is 6.10 Å². The molecule has 2 rings (SSSR count). The van der Waals surface area contributed by atoms with E-state index in [0.29, 0.717) is 6.42 Å². The Morgan fingerprint density at radius 3 is 3.08 bits per heavy atom. The first-order valence-electron chi connectivity index (χ1n) is 4.08. The van der Waals surface area contributed by atoms with Gasteiger partial charge in [-0.1, -0.05) is 0 Å². The molecule has 2 N–H and O–H groups in total. The predicted molar refractivity (Wildman–Crippen MR) is 43.5 cm³/mol. The van der Waals surface area contributed by atoms with Gasteiger partial charge in [-0.2, -0.15) is 0 Å². The minimum atomic E-state index is -0.748. The number of hydrogen-bond donors (Lipinski definition) is 2. The fourth-order valence-electron chi connectivity index (χ4n) is 1.60. The Hall–Kier alpha value is -0.930. The molecule has 1 aromatic rings. The molecule has 0 radical (unpaired) electrons. The van der Waals surface area contributed by atoms with E-state index < -0.39 is 12.2 Å². The van der Waals surface area contributed by atoms with Crippen LogP contribution >= 0.6 is 0 Å². The summed E-state index contributed by atoms with van der Waals surface area (Å²) in [4.78, 5) is 3.91. The minimum absolute atomic E-state index is 0.623. The van der Waals surface area contributed by atoms with Crippen molar-refractivity contribution < 1.29 is 10.2 Å². The largest absolute Gasteiger partial charge is 0.390 e. The Morgan fingerprint density at radius 2 is 2.25 bits per heavy atom. The van der Waals surface area contributed by atoms with Crippen molar-refractivity contribution in [2.45, 2.75) is 25.0 Å². The van der Waals surface area contributed by atoms with Crippen LogP contribution in [0.4, 0.5) is 0 Å². The lowest BCUT2D eigenvalue weighted by atomic mass is 9.89. The highest BCUT2D eigenvalue weighted by atomic mass is 16.3. The SMILES string of the molecule is OC1CCc2ccncc2C1O. The van der Waals surface area contributed by atoms with Crippen molar-refractivity contribution in [3.05, 3.63) is 29.6 Å². The van der Waals surface area contributed by atoms with Gasteiger partial charge in [0.2, 0.25) is 0 Å². The summed E-state index contributed by atoms with van der Waals surface area (Å²) in [5, 5.41) is 18.9. The Balaban J connectivity index is 2.42. The van der Waals surface area contributed by atoms with Gasteiger partial charge in [0.15, 0.2) is 0 Å². The standard InChI is InChI=1S/C9H11NO2/c11-8-2-1-6-3-4-10-5-7(6)9(8)12/h3-5,8-9,11-12H,1-2H2. The summed E-state index contributed by atoms with van der Waals surface area (Å²) in [5.41, 5.74) is 1.87. The molecule has 0 amide bonds. The fourth-order valence-corrected chi connectivity index (χ4v) is 1.60. The molecule has 0 saturated heterocycles. The Morgan fingerprint density at radius 1 is 1.42 bits per heavy atom. The molecule has 0 aromatic carbocycles. The maximum absolute atomic E-state index is 9.54. The van der Waals surface area contributed by atoms with Gasteiger partial charge in [-0.05, 0) is 24.5 Å². The van der Waals surface area contributed by atoms with E-state index >= 15 is 0 Å². The average molecular weight is 165 g/mol. The van der Waals surface area contributed by atoms with Crippen molar-refractivity contribution in [3.8, 4) is 0 Å². The second-order valence-electron chi connectivity index (χ2n) is 3.13. The first-order valence-corrected chi connectivity index (χ1v) is 4.08. The molecule has 1 aromatic heterocycles. The molecule has 0 saturated carbocycles. The van der Waals surface area contributed by atoms with Crippen LogP contribution in [0.3, 0.4) is 0 Å². The van der Waals surface area contributed by atoms with E-state index in [1.54, 1.807) is 12.4 Å². The molecule has 0 fully saturated rings. The molecule has 3 heteroatoms. The van der Waals surface area contributed by atoms with Crippen LogP contribution in [0.2, 0.25) is 0 Å². The van der Waals surface area contributed by atoms with Gasteiger partial charge in [0.25, 0.3) is 0 Å². The lowest BCUT2D eigenvalue weighted by molar-refractivity contribution is 0.00626. The monoisotopic (exact) mass is 165 g/mol. The molecule has 3 nitrogen and oxygen atoms in total. The number of aliphatic hydroxyl groups is 2. The number of nitrogens with zero attached hydrogens (tertiary/aromatic N) is 1. The fraction of sp³-hybridized carbons (Fsp3) is 0.444. The maximum Gasteiger partial charge on any atom is 0.107 e. The molecule has 2 unspecified atom stereocenters. The van der Waals surface area contributed by atoms with Crippen LogP contribution in [-0.2, 0) is 6.42 Å². The van der Waals surface area contributed by atoms with Gasteiger partial charge in [0, 0.05) is 18.0 Å². The quantitative estimate of drug-likeness (QED) is 0.586. The lowest BCUT2D eigenvalue weighted by Gasteiger charge is -2.25. The molecule has 1 heterocycles. The summed E-state index contributed by atoms with van der Waals surface area (Å²) in [5.74, 6) is 0. The molecular weight excluding hydrogens is 154 g/mol. The highest BCUT2D eigenvalue weighted by Crippen LogP contribution is 2.28.